The molecule has 0 spiro atoms. The van der Waals surface area contributed by atoms with Crippen molar-refractivity contribution in [3.63, 3.8) is 0 Å². The molecule has 0 fully saturated rings. The van der Waals surface area contributed by atoms with Crippen molar-refractivity contribution in [2.45, 2.75) is 27.2 Å². The van der Waals surface area contributed by atoms with Crippen LogP contribution in [0.5, 0.6) is 5.75 Å². The Bertz CT molecular complexity index is 900. The summed E-state index contributed by atoms with van der Waals surface area (Å²) in [5, 5.41) is 9.80. The molecule has 0 unspecified atom stereocenters. The number of hydrogen-bond acceptors (Lipinski definition) is 4. The maximum atomic E-state index is 12.1. The predicted octanol–water partition coefficient (Wildman–Crippen LogP) is 3.80. The molecule has 3 rings (SSSR count). The standard InChI is InChI=1S/C20H22N4O2/c1-13-4-9-18(14(2)12-13)26-11-10-19(25)22-17-7-5-16(6-8-17)20-21-15(3)23-24-20/h4-9,12H,10-11H2,1-3H3,(H,22,25)(H,21,23,24). The van der Waals surface area contributed by atoms with Crippen molar-refractivity contribution in [2.75, 3.05) is 11.9 Å². The maximum Gasteiger partial charge on any atom is 0.227 e. The highest BCUT2D eigenvalue weighted by atomic mass is 16.5. The van der Waals surface area contributed by atoms with Crippen molar-refractivity contribution in [1.29, 1.82) is 0 Å². The van der Waals surface area contributed by atoms with Crippen LogP contribution in [0.3, 0.4) is 0 Å². The van der Waals surface area contributed by atoms with E-state index >= 15 is 0 Å². The average Bonchev–Trinajstić information content (AvgIpc) is 3.04. The van der Waals surface area contributed by atoms with Crippen molar-refractivity contribution in [1.82, 2.24) is 15.2 Å². The molecule has 0 aliphatic heterocycles. The molecule has 1 amide bonds. The number of hydrogen-bond donors (Lipinski definition) is 2. The summed E-state index contributed by atoms with van der Waals surface area (Å²) in [6.07, 6.45) is 0.287. The molecule has 1 aromatic heterocycles. The molecule has 0 atom stereocenters. The second-order valence-electron chi connectivity index (χ2n) is 6.24. The zero-order valence-electron chi connectivity index (χ0n) is 15.2. The second kappa shape index (κ2) is 7.82. The lowest BCUT2D eigenvalue weighted by molar-refractivity contribution is -0.116. The number of aromatic nitrogens is 3. The van der Waals surface area contributed by atoms with Gasteiger partial charge in [0, 0.05) is 11.3 Å². The molecule has 0 bridgehead atoms. The number of rotatable bonds is 6. The second-order valence-corrected chi connectivity index (χ2v) is 6.24. The number of H-pyrrole nitrogens is 1. The number of ether oxygens (including phenoxy) is 1. The normalized spacial score (nSPS) is 10.6. The molecule has 1 heterocycles. The van der Waals surface area contributed by atoms with Crippen LogP contribution >= 0.6 is 0 Å². The summed E-state index contributed by atoms with van der Waals surface area (Å²) in [6, 6.07) is 13.4. The third-order valence-electron chi connectivity index (χ3n) is 3.94. The molecule has 0 saturated carbocycles. The van der Waals surface area contributed by atoms with Gasteiger partial charge in [0.2, 0.25) is 5.91 Å². The first-order chi connectivity index (χ1) is 12.5. The topological polar surface area (TPSA) is 79.9 Å². The van der Waals surface area contributed by atoms with Gasteiger partial charge >= 0.3 is 0 Å². The number of carbonyl (C=O) groups excluding carboxylic acids is 1. The van der Waals surface area contributed by atoms with Crippen molar-refractivity contribution in [3.05, 3.63) is 59.4 Å². The quantitative estimate of drug-likeness (QED) is 0.708. The van der Waals surface area contributed by atoms with Gasteiger partial charge in [0.15, 0.2) is 5.82 Å². The van der Waals surface area contributed by atoms with Crippen LogP contribution in [0, 0.1) is 20.8 Å². The molecule has 26 heavy (non-hydrogen) atoms. The van der Waals surface area contributed by atoms with E-state index in [2.05, 4.69) is 26.6 Å². The lowest BCUT2D eigenvalue weighted by Gasteiger charge is -2.10. The molecule has 0 saturated heterocycles. The smallest absolute Gasteiger partial charge is 0.227 e. The van der Waals surface area contributed by atoms with E-state index < -0.39 is 0 Å². The fraction of sp³-hybridized carbons (Fsp3) is 0.250. The van der Waals surface area contributed by atoms with E-state index in [0.29, 0.717) is 12.4 Å². The Hall–Kier alpha value is -3.15. The molecule has 6 nitrogen and oxygen atoms in total. The molecule has 0 radical (unpaired) electrons. The van der Waals surface area contributed by atoms with Crippen molar-refractivity contribution >= 4 is 11.6 Å². The fourth-order valence-corrected chi connectivity index (χ4v) is 2.61. The zero-order chi connectivity index (χ0) is 18.5. The first-order valence-corrected chi connectivity index (χ1v) is 8.50. The van der Waals surface area contributed by atoms with Gasteiger partial charge in [0.1, 0.15) is 11.6 Å². The fourth-order valence-electron chi connectivity index (χ4n) is 2.61. The van der Waals surface area contributed by atoms with Gasteiger partial charge in [-0.05, 0) is 56.7 Å². The Morgan fingerprint density at radius 1 is 1.12 bits per heavy atom. The molecule has 134 valence electrons. The van der Waals surface area contributed by atoms with Gasteiger partial charge < -0.3 is 10.1 Å². The Balaban J connectivity index is 1.50. The molecule has 3 aromatic rings. The van der Waals surface area contributed by atoms with E-state index in [1.165, 1.54) is 5.56 Å². The maximum absolute atomic E-state index is 12.1. The lowest BCUT2D eigenvalue weighted by Crippen LogP contribution is -2.15. The third kappa shape index (κ3) is 4.47. The first kappa shape index (κ1) is 17.7. The van der Waals surface area contributed by atoms with Crippen LogP contribution in [0.4, 0.5) is 5.69 Å². The number of benzene rings is 2. The SMILES string of the molecule is Cc1ccc(OCCC(=O)Nc2ccc(-c3n[nH]c(C)n3)cc2)c(C)c1. The minimum atomic E-state index is -0.0868. The van der Waals surface area contributed by atoms with E-state index in [1.54, 1.807) is 0 Å². The van der Waals surface area contributed by atoms with Crippen LogP contribution in [0.1, 0.15) is 23.4 Å². The molecular formula is C20H22N4O2. The summed E-state index contributed by atoms with van der Waals surface area (Å²) in [7, 11) is 0. The van der Waals surface area contributed by atoms with Crippen molar-refractivity contribution in [2.24, 2.45) is 0 Å². The number of nitrogens with one attached hydrogen (secondary N) is 2. The van der Waals surface area contributed by atoms with Gasteiger partial charge in [-0.15, -0.1) is 0 Å². The highest BCUT2D eigenvalue weighted by molar-refractivity contribution is 5.91. The Labute approximate surface area is 152 Å². The number of aromatic amines is 1. The zero-order valence-corrected chi connectivity index (χ0v) is 15.2. The van der Waals surface area contributed by atoms with Crippen LogP contribution in [0.25, 0.3) is 11.4 Å². The minimum absolute atomic E-state index is 0.0868. The highest BCUT2D eigenvalue weighted by Crippen LogP contribution is 2.20. The van der Waals surface area contributed by atoms with Crippen LogP contribution in [-0.2, 0) is 4.79 Å². The summed E-state index contributed by atoms with van der Waals surface area (Å²) in [4.78, 5) is 16.4. The van der Waals surface area contributed by atoms with E-state index in [4.69, 9.17) is 4.74 Å². The van der Waals surface area contributed by atoms with Crippen LogP contribution in [0.2, 0.25) is 0 Å². The summed E-state index contributed by atoms with van der Waals surface area (Å²) >= 11 is 0. The van der Waals surface area contributed by atoms with Crippen molar-refractivity contribution < 1.29 is 9.53 Å². The van der Waals surface area contributed by atoms with Crippen LogP contribution < -0.4 is 10.1 Å². The molecule has 6 heteroatoms. The molecular weight excluding hydrogens is 328 g/mol. The Kier molecular flexibility index (Phi) is 5.31. The lowest BCUT2D eigenvalue weighted by atomic mass is 10.1. The Morgan fingerprint density at radius 2 is 1.88 bits per heavy atom. The summed E-state index contributed by atoms with van der Waals surface area (Å²) in [5.41, 5.74) is 3.89. The third-order valence-corrected chi connectivity index (χ3v) is 3.94. The summed E-state index contributed by atoms with van der Waals surface area (Å²) in [6.45, 7) is 6.23. The number of carbonyl (C=O) groups is 1. The number of nitrogens with zero attached hydrogens (tertiary/aromatic N) is 2. The van der Waals surface area contributed by atoms with Gasteiger partial charge in [-0.25, -0.2) is 4.98 Å². The van der Waals surface area contributed by atoms with Crippen LogP contribution in [-0.4, -0.2) is 27.7 Å². The largest absolute Gasteiger partial charge is 0.493 e. The van der Waals surface area contributed by atoms with E-state index in [-0.39, 0.29) is 12.3 Å². The van der Waals surface area contributed by atoms with Crippen molar-refractivity contribution in [3.8, 4) is 17.1 Å². The van der Waals surface area contributed by atoms with Gasteiger partial charge in [-0.1, -0.05) is 17.7 Å². The van der Waals surface area contributed by atoms with Crippen LogP contribution in [0.15, 0.2) is 42.5 Å². The van der Waals surface area contributed by atoms with E-state index in [0.717, 1.165) is 28.4 Å². The van der Waals surface area contributed by atoms with Gasteiger partial charge in [-0.3, -0.25) is 9.89 Å². The number of aryl methyl sites for hydroxylation is 3. The van der Waals surface area contributed by atoms with E-state index in [1.807, 2.05) is 57.2 Å². The number of anilines is 1. The summed E-state index contributed by atoms with van der Waals surface area (Å²) in [5.74, 6) is 2.13. The average molecular weight is 350 g/mol. The molecule has 0 aliphatic carbocycles. The number of amides is 1. The first-order valence-electron chi connectivity index (χ1n) is 8.50. The monoisotopic (exact) mass is 350 g/mol. The predicted molar refractivity (Wildman–Crippen MR) is 101 cm³/mol. The molecule has 2 aromatic carbocycles. The minimum Gasteiger partial charge on any atom is -0.493 e. The van der Waals surface area contributed by atoms with Gasteiger partial charge in [0.25, 0.3) is 0 Å². The molecule has 0 aliphatic rings. The molecule has 2 N–H and O–H groups in total. The van der Waals surface area contributed by atoms with Gasteiger partial charge in [-0.2, -0.15) is 5.10 Å². The summed E-state index contributed by atoms with van der Waals surface area (Å²) < 4.78 is 5.70. The van der Waals surface area contributed by atoms with E-state index in [9.17, 15) is 4.79 Å². The highest BCUT2D eigenvalue weighted by Gasteiger charge is 2.07. The van der Waals surface area contributed by atoms with Gasteiger partial charge in [0.05, 0.1) is 13.0 Å². The Morgan fingerprint density at radius 3 is 2.54 bits per heavy atom.